The summed E-state index contributed by atoms with van der Waals surface area (Å²) in [4.78, 5) is 8.56. The first-order valence-electron chi connectivity index (χ1n) is 5.39. The molecule has 0 aromatic carbocycles. The van der Waals surface area contributed by atoms with Gasteiger partial charge in [0, 0.05) is 17.9 Å². The van der Waals surface area contributed by atoms with E-state index in [1.54, 1.807) is 0 Å². The number of nitrogens with zero attached hydrogens (tertiary/aromatic N) is 2. The van der Waals surface area contributed by atoms with Crippen LogP contribution >= 0.6 is 0 Å². The van der Waals surface area contributed by atoms with Crippen molar-refractivity contribution in [3.63, 3.8) is 0 Å². The highest BCUT2D eigenvalue weighted by Crippen LogP contribution is 2.50. The van der Waals surface area contributed by atoms with Gasteiger partial charge < -0.3 is 5.32 Å². The molecular weight excluding hydrogens is 174 g/mol. The SMILES string of the molecule is Cc1ccnc(NC2CC2C2CC2)n1. The van der Waals surface area contributed by atoms with E-state index in [0.717, 1.165) is 23.5 Å². The molecular formula is C11H15N3. The monoisotopic (exact) mass is 189 g/mol. The second-order valence-electron chi connectivity index (χ2n) is 4.51. The lowest BCUT2D eigenvalue weighted by atomic mass is 10.3. The lowest BCUT2D eigenvalue weighted by Crippen LogP contribution is -2.08. The van der Waals surface area contributed by atoms with E-state index in [1.165, 1.54) is 19.3 Å². The minimum atomic E-state index is 0.657. The summed E-state index contributed by atoms with van der Waals surface area (Å²) in [6.07, 6.45) is 6.02. The molecule has 1 N–H and O–H groups in total. The summed E-state index contributed by atoms with van der Waals surface area (Å²) < 4.78 is 0. The summed E-state index contributed by atoms with van der Waals surface area (Å²) in [5.41, 5.74) is 1.03. The smallest absolute Gasteiger partial charge is 0.223 e. The third-order valence-corrected chi connectivity index (χ3v) is 3.18. The third kappa shape index (κ3) is 1.59. The van der Waals surface area contributed by atoms with Gasteiger partial charge in [-0.3, -0.25) is 0 Å². The van der Waals surface area contributed by atoms with Crippen molar-refractivity contribution in [1.29, 1.82) is 0 Å². The van der Waals surface area contributed by atoms with E-state index in [9.17, 15) is 0 Å². The fourth-order valence-electron chi connectivity index (χ4n) is 2.11. The van der Waals surface area contributed by atoms with Gasteiger partial charge in [0.15, 0.2) is 0 Å². The van der Waals surface area contributed by atoms with Crippen LogP contribution in [0.5, 0.6) is 0 Å². The van der Waals surface area contributed by atoms with Crippen molar-refractivity contribution in [2.45, 2.75) is 32.2 Å². The standard InChI is InChI=1S/C11H15N3/c1-7-4-5-12-11(13-7)14-10-6-9(10)8-2-3-8/h4-5,8-10H,2-3,6H2,1H3,(H,12,13,14). The van der Waals surface area contributed by atoms with Gasteiger partial charge in [0.05, 0.1) is 0 Å². The molecule has 2 aliphatic carbocycles. The maximum atomic E-state index is 4.35. The third-order valence-electron chi connectivity index (χ3n) is 3.18. The van der Waals surface area contributed by atoms with Gasteiger partial charge in [0.25, 0.3) is 0 Å². The molecule has 3 heteroatoms. The maximum Gasteiger partial charge on any atom is 0.223 e. The average Bonchev–Trinajstić information content (AvgIpc) is 2.96. The number of aromatic nitrogens is 2. The van der Waals surface area contributed by atoms with E-state index in [4.69, 9.17) is 0 Å². The molecule has 0 saturated heterocycles. The summed E-state index contributed by atoms with van der Waals surface area (Å²) in [6.45, 7) is 2.00. The van der Waals surface area contributed by atoms with Gasteiger partial charge in [-0.15, -0.1) is 0 Å². The van der Waals surface area contributed by atoms with Crippen LogP contribution in [-0.2, 0) is 0 Å². The molecule has 2 unspecified atom stereocenters. The Kier molecular flexibility index (Phi) is 1.72. The molecule has 0 amide bonds. The van der Waals surface area contributed by atoms with Crippen LogP contribution in [0.3, 0.4) is 0 Å². The van der Waals surface area contributed by atoms with Crippen molar-refractivity contribution in [3.8, 4) is 0 Å². The van der Waals surface area contributed by atoms with Crippen molar-refractivity contribution in [2.75, 3.05) is 5.32 Å². The Morgan fingerprint density at radius 3 is 3.00 bits per heavy atom. The maximum absolute atomic E-state index is 4.35. The zero-order chi connectivity index (χ0) is 9.54. The topological polar surface area (TPSA) is 37.8 Å². The van der Waals surface area contributed by atoms with Crippen molar-refractivity contribution < 1.29 is 0 Å². The van der Waals surface area contributed by atoms with Crippen molar-refractivity contribution in [1.82, 2.24) is 9.97 Å². The number of rotatable bonds is 3. The first-order valence-corrected chi connectivity index (χ1v) is 5.39. The van der Waals surface area contributed by atoms with Gasteiger partial charge in [-0.2, -0.15) is 0 Å². The van der Waals surface area contributed by atoms with Gasteiger partial charge in [0.1, 0.15) is 0 Å². The van der Waals surface area contributed by atoms with E-state index in [0.29, 0.717) is 6.04 Å². The second-order valence-corrected chi connectivity index (χ2v) is 4.51. The van der Waals surface area contributed by atoms with E-state index < -0.39 is 0 Å². The predicted molar refractivity (Wildman–Crippen MR) is 55.0 cm³/mol. The summed E-state index contributed by atoms with van der Waals surface area (Å²) >= 11 is 0. The van der Waals surface area contributed by atoms with Gasteiger partial charge in [0.2, 0.25) is 5.95 Å². The van der Waals surface area contributed by atoms with Crippen LogP contribution in [0, 0.1) is 18.8 Å². The van der Waals surface area contributed by atoms with Crippen molar-refractivity contribution >= 4 is 5.95 Å². The number of hydrogen-bond acceptors (Lipinski definition) is 3. The molecule has 2 atom stereocenters. The molecule has 0 spiro atoms. The fraction of sp³-hybridized carbons (Fsp3) is 0.636. The molecule has 1 aromatic rings. The van der Waals surface area contributed by atoms with Gasteiger partial charge >= 0.3 is 0 Å². The summed E-state index contributed by atoms with van der Waals surface area (Å²) in [6, 6.07) is 2.58. The van der Waals surface area contributed by atoms with E-state index >= 15 is 0 Å². The first kappa shape index (κ1) is 8.21. The van der Waals surface area contributed by atoms with Crippen LogP contribution in [-0.4, -0.2) is 16.0 Å². The molecule has 1 heterocycles. The molecule has 3 rings (SSSR count). The highest BCUT2D eigenvalue weighted by atomic mass is 15.1. The number of aryl methyl sites for hydroxylation is 1. The van der Waals surface area contributed by atoms with E-state index in [1.807, 2.05) is 19.2 Å². The second kappa shape index (κ2) is 2.94. The number of anilines is 1. The first-order chi connectivity index (χ1) is 6.83. The average molecular weight is 189 g/mol. The largest absolute Gasteiger partial charge is 0.351 e. The van der Waals surface area contributed by atoms with Crippen LogP contribution in [0.15, 0.2) is 12.3 Å². The summed E-state index contributed by atoms with van der Waals surface area (Å²) in [7, 11) is 0. The van der Waals surface area contributed by atoms with Gasteiger partial charge in [-0.05, 0) is 44.1 Å². The lowest BCUT2D eigenvalue weighted by molar-refractivity contribution is 0.695. The molecule has 2 fully saturated rings. The minimum absolute atomic E-state index is 0.657. The predicted octanol–water partition coefficient (Wildman–Crippen LogP) is 2.00. The molecule has 0 radical (unpaired) electrons. The zero-order valence-corrected chi connectivity index (χ0v) is 8.40. The summed E-state index contributed by atoms with van der Waals surface area (Å²) in [5.74, 6) is 2.73. The van der Waals surface area contributed by atoms with Crippen molar-refractivity contribution in [3.05, 3.63) is 18.0 Å². The lowest BCUT2D eigenvalue weighted by Gasteiger charge is -2.03. The van der Waals surface area contributed by atoms with Crippen LogP contribution < -0.4 is 5.32 Å². The molecule has 1 aromatic heterocycles. The van der Waals surface area contributed by atoms with E-state index in [2.05, 4.69) is 15.3 Å². The molecule has 0 bridgehead atoms. The highest BCUT2D eigenvalue weighted by molar-refractivity contribution is 5.30. The molecule has 2 saturated carbocycles. The number of hydrogen-bond donors (Lipinski definition) is 1. The molecule has 0 aliphatic heterocycles. The summed E-state index contributed by atoms with van der Waals surface area (Å²) in [5, 5.41) is 3.41. The fourth-order valence-corrected chi connectivity index (χ4v) is 2.11. The zero-order valence-electron chi connectivity index (χ0n) is 8.40. The van der Waals surface area contributed by atoms with Gasteiger partial charge in [-0.1, -0.05) is 0 Å². The Hall–Kier alpha value is -1.12. The normalized spacial score (nSPS) is 30.1. The molecule has 2 aliphatic rings. The Morgan fingerprint density at radius 2 is 2.29 bits per heavy atom. The molecule has 74 valence electrons. The minimum Gasteiger partial charge on any atom is -0.351 e. The Morgan fingerprint density at radius 1 is 1.43 bits per heavy atom. The Labute approximate surface area is 84.0 Å². The van der Waals surface area contributed by atoms with E-state index in [-0.39, 0.29) is 0 Å². The van der Waals surface area contributed by atoms with Crippen LogP contribution in [0.1, 0.15) is 25.0 Å². The highest BCUT2D eigenvalue weighted by Gasteiger charge is 2.47. The van der Waals surface area contributed by atoms with Crippen LogP contribution in [0.25, 0.3) is 0 Å². The number of nitrogens with one attached hydrogen (secondary N) is 1. The quantitative estimate of drug-likeness (QED) is 0.790. The van der Waals surface area contributed by atoms with Gasteiger partial charge in [-0.25, -0.2) is 9.97 Å². The van der Waals surface area contributed by atoms with Crippen molar-refractivity contribution in [2.24, 2.45) is 11.8 Å². The Balaban J connectivity index is 1.62. The molecule has 14 heavy (non-hydrogen) atoms. The van der Waals surface area contributed by atoms with Crippen LogP contribution in [0.4, 0.5) is 5.95 Å². The van der Waals surface area contributed by atoms with Crippen LogP contribution in [0.2, 0.25) is 0 Å². The molecule has 3 nitrogen and oxygen atoms in total. The Bertz CT molecular complexity index is 346.